The summed E-state index contributed by atoms with van der Waals surface area (Å²) in [4.78, 5) is 1.02. The van der Waals surface area contributed by atoms with E-state index in [1.807, 2.05) is 37.3 Å². The molecule has 0 spiro atoms. The predicted octanol–water partition coefficient (Wildman–Crippen LogP) is 4.10. The normalized spacial score (nSPS) is 12.5. The van der Waals surface area contributed by atoms with Gasteiger partial charge in [-0.1, -0.05) is 45.0 Å². The maximum Gasteiger partial charge on any atom is 0.272 e. The molecule has 0 unspecified atom stereocenters. The third kappa shape index (κ3) is 3.14. The highest BCUT2D eigenvalue weighted by Gasteiger charge is 2.23. The maximum atomic E-state index is 12.7. The third-order valence-corrected chi connectivity index (χ3v) is 7.03. The fourth-order valence-electron chi connectivity index (χ4n) is 2.36. The molecule has 0 saturated heterocycles. The van der Waals surface area contributed by atoms with Gasteiger partial charge in [-0.2, -0.15) is 5.10 Å². The molecule has 0 fully saturated rings. The molecular formula is C17H19N3O2S2. The summed E-state index contributed by atoms with van der Waals surface area (Å²) in [5.41, 5.74) is 0.675. The van der Waals surface area contributed by atoms with Crippen LogP contribution >= 0.6 is 11.3 Å². The maximum absolute atomic E-state index is 12.7. The van der Waals surface area contributed by atoms with Gasteiger partial charge < -0.3 is 0 Å². The van der Waals surface area contributed by atoms with Crippen LogP contribution in [-0.4, -0.2) is 18.6 Å². The van der Waals surface area contributed by atoms with Crippen LogP contribution in [0, 0.1) is 6.92 Å². The molecule has 1 aromatic carbocycles. The van der Waals surface area contributed by atoms with Crippen LogP contribution in [0.2, 0.25) is 0 Å². The second-order valence-corrected chi connectivity index (χ2v) is 9.65. The quantitative estimate of drug-likeness (QED) is 0.762. The summed E-state index contributed by atoms with van der Waals surface area (Å²) >= 11 is 1.28. The lowest BCUT2D eigenvalue weighted by Crippen LogP contribution is -2.14. The van der Waals surface area contributed by atoms with Gasteiger partial charge in [0.25, 0.3) is 10.0 Å². The summed E-state index contributed by atoms with van der Waals surface area (Å²) in [6.45, 7) is 8.02. The van der Waals surface area contributed by atoms with E-state index in [-0.39, 0.29) is 15.4 Å². The van der Waals surface area contributed by atoms with Crippen molar-refractivity contribution in [3.63, 3.8) is 0 Å². The zero-order chi connectivity index (χ0) is 17.5. The van der Waals surface area contributed by atoms with Gasteiger partial charge in [0.2, 0.25) is 0 Å². The van der Waals surface area contributed by atoms with Crippen LogP contribution in [0.3, 0.4) is 0 Å². The summed E-state index contributed by atoms with van der Waals surface area (Å²) < 4.78 is 28.3. The average molecular weight is 361 g/mol. The van der Waals surface area contributed by atoms with Crippen LogP contribution in [0.1, 0.15) is 31.3 Å². The van der Waals surface area contributed by atoms with Crippen molar-refractivity contribution in [1.29, 1.82) is 0 Å². The number of hydrogen-bond acceptors (Lipinski definition) is 5. The second-order valence-electron chi connectivity index (χ2n) is 6.65. The lowest BCUT2D eigenvalue weighted by atomic mass is 9.95. The Balaban J connectivity index is 2.02. The summed E-state index contributed by atoms with van der Waals surface area (Å²) in [6.07, 6.45) is 0. The minimum atomic E-state index is -3.69. The number of benzene rings is 1. The Bertz CT molecular complexity index is 1000. The highest BCUT2D eigenvalue weighted by molar-refractivity contribution is 7.94. The SMILES string of the molecule is Cc1nnc(NS(=O)(=O)c2ccc(C(C)(C)C)s2)c2ccccc12. The molecule has 0 saturated carbocycles. The molecule has 0 amide bonds. The molecule has 7 heteroatoms. The lowest BCUT2D eigenvalue weighted by Gasteiger charge is -2.15. The summed E-state index contributed by atoms with van der Waals surface area (Å²) in [6, 6.07) is 11.0. The van der Waals surface area contributed by atoms with Crippen LogP contribution in [0.4, 0.5) is 5.82 Å². The summed E-state index contributed by atoms with van der Waals surface area (Å²) in [5, 5.41) is 9.71. The predicted molar refractivity (Wildman–Crippen MR) is 98.1 cm³/mol. The first-order valence-corrected chi connectivity index (χ1v) is 9.83. The van der Waals surface area contributed by atoms with Gasteiger partial charge >= 0.3 is 0 Å². The molecule has 0 atom stereocenters. The largest absolute Gasteiger partial charge is 0.272 e. The van der Waals surface area contributed by atoms with E-state index in [9.17, 15) is 8.42 Å². The molecule has 2 heterocycles. The van der Waals surface area contributed by atoms with Crippen molar-refractivity contribution in [2.75, 3.05) is 4.72 Å². The molecule has 3 rings (SSSR count). The average Bonchev–Trinajstić information content (AvgIpc) is 3.01. The van der Waals surface area contributed by atoms with Gasteiger partial charge in [-0.25, -0.2) is 8.42 Å². The van der Waals surface area contributed by atoms with Gasteiger partial charge in [0, 0.05) is 15.6 Å². The highest BCUT2D eigenvalue weighted by atomic mass is 32.2. The zero-order valence-electron chi connectivity index (χ0n) is 14.0. The lowest BCUT2D eigenvalue weighted by molar-refractivity contribution is 0.603. The molecule has 2 aromatic heterocycles. The number of hydrogen-bond donors (Lipinski definition) is 1. The smallest absolute Gasteiger partial charge is 0.261 e. The third-order valence-electron chi connectivity index (χ3n) is 3.69. The molecular weight excluding hydrogens is 342 g/mol. The van der Waals surface area contributed by atoms with Crippen molar-refractivity contribution in [3.8, 4) is 0 Å². The summed E-state index contributed by atoms with van der Waals surface area (Å²) in [5.74, 6) is 0.252. The van der Waals surface area contributed by atoms with E-state index in [1.54, 1.807) is 6.07 Å². The van der Waals surface area contributed by atoms with E-state index in [1.165, 1.54) is 11.3 Å². The Morgan fingerprint density at radius 2 is 1.67 bits per heavy atom. The number of aromatic nitrogens is 2. The number of aryl methyl sites for hydroxylation is 1. The van der Waals surface area contributed by atoms with E-state index in [0.717, 1.165) is 21.3 Å². The Hall–Kier alpha value is -1.99. The molecule has 1 N–H and O–H groups in total. The van der Waals surface area contributed by atoms with E-state index in [2.05, 4.69) is 35.7 Å². The minimum Gasteiger partial charge on any atom is -0.261 e. The van der Waals surface area contributed by atoms with Crippen LogP contribution in [0.15, 0.2) is 40.6 Å². The Morgan fingerprint density at radius 1 is 1.00 bits per heavy atom. The topological polar surface area (TPSA) is 72.0 Å². The van der Waals surface area contributed by atoms with Crippen LogP contribution in [0.5, 0.6) is 0 Å². The fourth-order valence-corrected chi connectivity index (χ4v) is 4.74. The highest BCUT2D eigenvalue weighted by Crippen LogP contribution is 2.33. The number of thiophene rings is 1. The molecule has 0 aliphatic carbocycles. The molecule has 0 aliphatic heterocycles. The number of rotatable bonds is 3. The van der Waals surface area contributed by atoms with Gasteiger partial charge in [0.1, 0.15) is 4.21 Å². The Labute approximate surface area is 145 Å². The molecule has 24 heavy (non-hydrogen) atoms. The van der Waals surface area contributed by atoms with Gasteiger partial charge in [-0.15, -0.1) is 16.4 Å². The first-order valence-electron chi connectivity index (χ1n) is 7.54. The molecule has 5 nitrogen and oxygen atoms in total. The van der Waals surface area contributed by atoms with Crippen molar-refractivity contribution >= 4 is 38.0 Å². The molecule has 126 valence electrons. The van der Waals surface area contributed by atoms with E-state index in [0.29, 0.717) is 0 Å². The van der Waals surface area contributed by atoms with Crippen molar-refractivity contribution in [1.82, 2.24) is 10.2 Å². The number of sulfonamides is 1. The van der Waals surface area contributed by atoms with Crippen LogP contribution in [0.25, 0.3) is 10.8 Å². The van der Waals surface area contributed by atoms with Crippen LogP contribution in [-0.2, 0) is 15.4 Å². The molecule has 0 bridgehead atoms. The van der Waals surface area contributed by atoms with Crippen LogP contribution < -0.4 is 4.72 Å². The first kappa shape index (κ1) is 16.9. The van der Waals surface area contributed by atoms with Crippen molar-refractivity contribution in [3.05, 3.63) is 47.0 Å². The zero-order valence-corrected chi connectivity index (χ0v) is 15.6. The Morgan fingerprint density at radius 3 is 2.29 bits per heavy atom. The van der Waals surface area contributed by atoms with Gasteiger partial charge in [-0.05, 0) is 24.5 Å². The van der Waals surface area contributed by atoms with Crippen molar-refractivity contribution in [2.24, 2.45) is 0 Å². The Kier molecular flexibility index (Phi) is 4.09. The summed E-state index contributed by atoms with van der Waals surface area (Å²) in [7, 11) is -3.69. The fraction of sp³-hybridized carbons (Fsp3) is 0.294. The van der Waals surface area contributed by atoms with Crippen molar-refractivity contribution < 1.29 is 8.42 Å². The molecule has 3 aromatic rings. The van der Waals surface area contributed by atoms with Gasteiger partial charge in [-0.3, -0.25) is 4.72 Å². The minimum absolute atomic E-state index is 0.0885. The standard InChI is InChI=1S/C17H19N3O2S2/c1-11-12-7-5-6-8-13(12)16(19-18-11)20-24(21,22)15-10-9-14(23-15)17(2,3)4/h5-10H,1-4H3,(H,19,20). The number of fused-ring (bicyclic) bond motifs is 1. The number of nitrogens with zero attached hydrogens (tertiary/aromatic N) is 2. The number of nitrogens with one attached hydrogen (secondary N) is 1. The molecule has 0 radical (unpaired) electrons. The van der Waals surface area contributed by atoms with E-state index >= 15 is 0 Å². The monoisotopic (exact) mass is 361 g/mol. The number of anilines is 1. The van der Waals surface area contributed by atoms with Gasteiger partial charge in [0.05, 0.1) is 5.69 Å². The van der Waals surface area contributed by atoms with Crippen molar-refractivity contribution in [2.45, 2.75) is 37.3 Å². The molecule has 0 aliphatic rings. The van der Waals surface area contributed by atoms with E-state index < -0.39 is 10.0 Å². The van der Waals surface area contributed by atoms with Gasteiger partial charge in [0.15, 0.2) is 5.82 Å². The first-order chi connectivity index (χ1) is 11.2. The second kappa shape index (κ2) is 5.82. The van der Waals surface area contributed by atoms with E-state index in [4.69, 9.17) is 0 Å².